The number of nitrogens with two attached hydrogens (primary N) is 1. The molecule has 0 aromatic heterocycles. The van der Waals surface area contributed by atoms with Crippen LogP contribution >= 0.6 is 0 Å². The van der Waals surface area contributed by atoms with Crippen LogP contribution in [-0.4, -0.2) is 19.1 Å². The van der Waals surface area contributed by atoms with Crippen molar-refractivity contribution in [1.82, 2.24) is 5.32 Å². The van der Waals surface area contributed by atoms with Gasteiger partial charge in [-0.2, -0.15) is 0 Å². The van der Waals surface area contributed by atoms with Crippen LogP contribution in [0.25, 0.3) is 0 Å². The van der Waals surface area contributed by atoms with E-state index < -0.39 is 0 Å². The fourth-order valence-corrected chi connectivity index (χ4v) is 3.24. The molecule has 3 N–H and O–H groups in total. The van der Waals surface area contributed by atoms with E-state index >= 15 is 0 Å². The molecule has 2 heteroatoms. The molecule has 2 rings (SSSR count). The van der Waals surface area contributed by atoms with Gasteiger partial charge in [0.1, 0.15) is 0 Å². The van der Waals surface area contributed by atoms with Crippen molar-refractivity contribution in [2.24, 2.45) is 17.6 Å². The predicted octanol–water partition coefficient (Wildman–Crippen LogP) is 1.89. The molecule has 82 valence electrons. The Morgan fingerprint density at radius 3 is 2.36 bits per heavy atom. The maximum atomic E-state index is 6.27. The van der Waals surface area contributed by atoms with Crippen LogP contribution in [0.5, 0.6) is 0 Å². The summed E-state index contributed by atoms with van der Waals surface area (Å²) in [7, 11) is 0. The Morgan fingerprint density at radius 2 is 1.57 bits per heavy atom. The SMILES string of the molecule is NC1CCNCCC1C1CCCCC1. The molecular weight excluding hydrogens is 172 g/mol. The molecule has 2 aliphatic rings. The van der Waals surface area contributed by atoms with E-state index in [0.717, 1.165) is 18.4 Å². The lowest BCUT2D eigenvalue weighted by Crippen LogP contribution is -2.35. The maximum Gasteiger partial charge on any atom is 0.00823 e. The van der Waals surface area contributed by atoms with Crippen molar-refractivity contribution in [2.75, 3.05) is 13.1 Å². The number of hydrogen-bond acceptors (Lipinski definition) is 2. The number of hydrogen-bond donors (Lipinski definition) is 2. The van der Waals surface area contributed by atoms with Gasteiger partial charge in [0.15, 0.2) is 0 Å². The van der Waals surface area contributed by atoms with E-state index in [0.29, 0.717) is 6.04 Å². The molecule has 2 nitrogen and oxygen atoms in total. The smallest absolute Gasteiger partial charge is 0.00823 e. The van der Waals surface area contributed by atoms with E-state index in [-0.39, 0.29) is 0 Å². The van der Waals surface area contributed by atoms with Crippen molar-refractivity contribution in [3.8, 4) is 0 Å². The summed E-state index contributed by atoms with van der Waals surface area (Å²) in [6.45, 7) is 2.32. The van der Waals surface area contributed by atoms with Crippen LogP contribution in [0.2, 0.25) is 0 Å². The van der Waals surface area contributed by atoms with E-state index in [1.54, 1.807) is 0 Å². The van der Waals surface area contributed by atoms with Gasteiger partial charge in [0, 0.05) is 6.04 Å². The van der Waals surface area contributed by atoms with Crippen LogP contribution in [-0.2, 0) is 0 Å². The molecule has 1 heterocycles. The van der Waals surface area contributed by atoms with Crippen molar-refractivity contribution in [1.29, 1.82) is 0 Å². The Bertz CT molecular complexity index is 164. The highest BCUT2D eigenvalue weighted by Gasteiger charge is 2.29. The Hall–Kier alpha value is -0.0800. The van der Waals surface area contributed by atoms with Crippen molar-refractivity contribution < 1.29 is 0 Å². The van der Waals surface area contributed by atoms with Gasteiger partial charge in [0.25, 0.3) is 0 Å². The third-order valence-corrected chi connectivity index (χ3v) is 4.11. The highest BCUT2D eigenvalue weighted by Crippen LogP contribution is 2.34. The summed E-state index contributed by atoms with van der Waals surface area (Å²) in [4.78, 5) is 0. The van der Waals surface area contributed by atoms with Gasteiger partial charge < -0.3 is 11.1 Å². The van der Waals surface area contributed by atoms with Gasteiger partial charge >= 0.3 is 0 Å². The summed E-state index contributed by atoms with van der Waals surface area (Å²) in [6, 6.07) is 0.466. The van der Waals surface area contributed by atoms with E-state index in [1.807, 2.05) is 0 Å². The third kappa shape index (κ3) is 2.48. The summed E-state index contributed by atoms with van der Waals surface area (Å²) in [6.07, 6.45) is 9.73. The lowest BCUT2D eigenvalue weighted by atomic mass is 9.75. The van der Waals surface area contributed by atoms with Gasteiger partial charge in [0.2, 0.25) is 0 Å². The molecule has 1 saturated heterocycles. The first-order valence-corrected chi connectivity index (χ1v) is 6.34. The highest BCUT2D eigenvalue weighted by molar-refractivity contribution is 4.84. The molecule has 0 amide bonds. The Labute approximate surface area is 87.6 Å². The van der Waals surface area contributed by atoms with Gasteiger partial charge in [-0.05, 0) is 37.8 Å². The van der Waals surface area contributed by atoms with Crippen LogP contribution in [0.4, 0.5) is 0 Å². The van der Waals surface area contributed by atoms with E-state index in [2.05, 4.69) is 5.32 Å². The predicted molar refractivity (Wildman–Crippen MR) is 60.1 cm³/mol. The molecule has 0 aromatic carbocycles. The minimum Gasteiger partial charge on any atom is -0.327 e. The molecule has 1 saturated carbocycles. The van der Waals surface area contributed by atoms with Gasteiger partial charge in [0.05, 0.1) is 0 Å². The van der Waals surface area contributed by atoms with E-state index in [1.165, 1.54) is 51.5 Å². The van der Waals surface area contributed by atoms with Crippen LogP contribution in [0.3, 0.4) is 0 Å². The summed E-state index contributed by atoms with van der Waals surface area (Å²) < 4.78 is 0. The Kier molecular flexibility index (Phi) is 3.82. The molecule has 2 fully saturated rings. The zero-order valence-electron chi connectivity index (χ0n) is 9.17. The van der Waals surface area contributed by atoms with Gasteiger partial charge in [-0.1, -0.05) is 32.1 Å². The van der Waals surface area contributed by atoms with Crippen LogP contribution < -0.4 is 11.1 Å². The Balaban J connectivity index is 1.91. The largest absolute Gasteiger partial charge is 0.327 e. The second-order valence-corrected chi connectivity index (χ2v) is 5.05. The quantitative estimate of drug-likeness (QED) is 0.672. The molecule has 0 spiro atoms. The zero-order chi connectivity index (χ0) is 9.80. The molecular formula is C12H24N2. The first kappa shape index (κ1) is 10.4. The first-order chi connectivity index (χ1) is 6.88. The van der Waals surface area contributed by atoms with Gasteiger partial charge in [-0.3, -0.25) is 0 Å². The summed E-state index contributed by atoms with van der Waals surface area (Å²) in [5.41, 5.74) is 6.27. The summed E-state index contributed by atoms with van der Waals surface area (Å²) in [5.74, 6) is 1.75. The summed E-state index contributed by atoms with van der Waals surface area (Å²) in [5, 5.41) is 3.47. The molecule has 0 radical (unpaired) electrons. The average Bonchev–Trinajstić information content (AvgIpc) is 2.44. The van der Waals surface area contributed by atoms with Crippen LogP contribution in [0.15, 0.2) is 0 Å². The molecule has 0 aromatic rings. The van der Waals surface area contributed by atoms with Gasteiger partial charge in [-0.15, -0.1) is 0 Å². The van der Waals surface area contributed by atoms with Crippen molar-refractivity contribution in [3.05, 3.63) is 0 Å². The first-order valence-electron chi connectivity index (χ1n) is 6.34. The highest BCUT2D eigenvalue weighted by atomic mass is 14.9. The van der Waals surface area contributed by atoms with Crippen LogP contribution in [0.1, 0.15) is 44.9 Å². The summed E-state index contributed by atoms with van der Waals surface area (Å²) >= 11 is 0. The second-order valence-electron chi connectivity index (χ2n) is 5.05. The lowest BCUT2D eigenvalue weighted by molar-refractivity contribution is 0.209. The molecule has 2 unspecified atom stereocenters. The zero-order valence-corrected chi connectivity index (χ0v) is 9.17. The molecule has 1 aliphatic carbocycles. The van der Waals surface area contributed by atoms with Gasteiger partial charge in [-0.25, -0.2) is 0 Å². The standard InChI is InChI=1S/C12H24N2/c13-12-7-9-14-8-6-11(12)10-4-2-1-3-5-10/h10-12,14H,1-9,13H2. The van der Waals surface area contributed by atoms with Crippen molar-refractivity contribution in [3.63, 3.8) is 0 Å². The maximum absolute atomic E-state index is 6.27. The molecule has 1 aliphatic heterocycles. The number of nitrogens with one attached hydrogen (secondary N) is 1. The fraction of sp³-hybridized carbons (Fsp3) is 1.00. The number of rotatable bonds is 1. The van der Waals surface area contributed by atoms with Crippen molar-refractivity contribution >= 4 is 0 Å². The van der Waals surface area contributed by atoms with E-state index in [9.17, 15) is 0 Å². The normalized spacial score (nSPS) is 36.6. The second kappa shape index (κ2) is 5.13. The molecule has 0 bridgehead atoms. The van der Waals surface area contributed by atoms with Crippen LogP contribution in [0, 0.1) is 11.8 Å². The molecule has 14 heavy (non-hydrogen) atoms. The minimum absolute atomic E-state index is 0.466. The van der Waals surface area contributed by atoms with E-state index in [4.69, 9.17) is 5.73 Å². The fourth-order valence-electron chi connectivity index (χ4n) is 3.24. The van der Waals surface area contributed by atoms with Crippen molar-refractivity contribution in [2.45, 2.75) is 51.0 Å². The topological polar surface area (TPSA) is 38.0 Å². The average molecular weight is 196 g/mol. The Morgan fingerprint density at radius 1 is 0.857 bits per heavy atom. The lowest BCUT2D eigenvalue weighted by Gasteiger charge is -2.33. The minimum atomic E-state index is 0.466. The third-order valence-electron chi connectivity index (χ3n) is 4.11. The molecule has 2 atom stereocenters. The monoisotopic (exact) mass is 196 g/mol.